The van der Waals surface area contributed by atoms with Crippen LogP contribution >= 0.6 is 172 Å². The van der Waals surface area contributed by atoms with E-state index in [2.05, 4.69) is 50.2 Å². The lowest BCUT2D eigenvalue weighted by Gasteiger charge is -2.17. The zero-order valence-electron chi connectivity index (χ0n) is 67.7. The maximum absolute atomic E-state index is 10.5. The number of aromatic hydroxyl groups is 6. The number of nitrogens with zero attached hydrogens (tertiary/aromatic N) is 1. The topological polar surface area (TPSA) is 312 Å². The Kier molecular flexibility index (Phi) is 56.0. The van der Waals surface area contributed by atoms with Crippen molar-refractivity contribution in [1.82, 2.24) is 4.98 Å². The fourth-order valence-corrected chi connectivity index (χ4v) is 16.5. The molecule has 0 unspecified atom stereocenters. The Labute approximate surface area is 796 Å². The summed E-state index contributed by atoms with van der Waals surface area (Å²) >= 11 is 43.2. The standard InChI is InChI=1S/C19H17Cl2NO3.2C16H26O4.C8H6Cl2O2.C8H6I2O2.C7H4Cl2O2.C7H4I2O2.C7H6O2.ClH/c1-3-25-17-5-4-13-12(9-22-10-14(13)18(17)23)6-11-7-15(20)19(24-2)16(21)8-11;2*1-4-18-14-11-7-9-13(16(14)17)10-8-12-15(19-5-2)20-6-3;2*1-12-8-6(9)2-5(4-11)3-7(8)10;2*8-5-1-4(3-10)2-6(9)7(5)11;8-5-6-1-3-7(9)4-2-6;/h4-5,7-10,23H,3,6H2,1-2H3;2*7,9,11,15,17H,4-6,8,10,12H2,1-3H3;2*2-4H,1H3;2*1-3,11H;1-5,9H;1H. The molecule has 0 fully saturated rings. The number of benzene rings is 9. The molecule has 1 aromatic heterocycles. The maximum Gasteiger partial charge on any atom is 0.167 e. The molecule has 0 aliphatic rings. The van der Waals surface area contributed by atoms with E-state index < -0.39 is 0 Å². The molecule has 0 radical (unpaired) electrons. The van der Waals surface area contributed by atoms with Gasteiger partial charge in [-0.15, -0.1) is 12.4 Å². The number of hydrogen-bond donors (Lipinski definition) is 6. The highest BCUT2D eigenvalue weighted by atomic mass is 127. The van der Waals surface area contributed by atoms with E-state index in [1.807, 2.05) is 136 Å². The largest absolute Gasteiger partial charge is 0.508 e. The van der Waals surface area contributed by atoms with E-state index in [9.17, 15) is 44.4 Å². The zero-order valence-corrected chi connectivity index (χ0v) is 81.7. The third-order valence-electron chi connectivity index (χ3n) is 16.0. The van der Waals surface area contributed by atoms with Gasteiger partial charge in [-0.1, -0.05) is 99.9 Å². The molecule has 0 atom stereocenters. The average Bonchev–Trinajstić information content (AvgIpc) is 0.786. The van der Waals surface area contributed by atoms with Crippen LogP contribution in [0.1, 0.15) is 148 Å². The number of carbonyl (C=O) groups excluding carboxylic acids is 5. The Morgan fingerprint density at radius 2 is 0.719 bits per heavy atom. The fraction of sp³-hybridized carbons (Fsp3) is 0.295. The molecule has 1 heterocycles. The third-order valence-corrected chi connectivity index (χ3v) is 20.9. The molecule has 656 valence electrons. The molecule has 10 rings (SSSR count). The predicted molar refractivity (Wildman–Crippen MR) is 514 cm³/mol. The zero-order chi connectivity index (χ0) is 89.4. The van der Waals surface area contributed by atoms with Crippen LogP contribution in [0.3, 0.4) is 0 Å². The lowest BCUT2D eigenvalue weighted by Crippen LogP contribution is -2.17. The molecule has 0 saturated heterocycles. The van der Waals surface area contributed by atoms with E-state index in [0.717, 1.165) is 97.9 Å². The van der Waals surface area contributed by atoms with Crippen molar-refractivity contribution in [2.75, 3.05) is 67.6 Å². The summed E-state index contributed by atoms with van der Waals surface area (Å²) in [6, 6.07) is 37.2. The van der Waals surface area contributed by atoms with Crippen LogP contribution in [0.25, 0.3) is 10.8 Å². The van der Waals surface area contributed by atoms with Crippen LogP contribution in [-0.2, 0) is 38.2 Å². The van der Waals surface area contributed by atoms with Gasteiger partial charge in [-0.2, -0.15) is 0 Å². The van der Waals surface area contributed by atoms with Crippen LogP contribution in [0.5, 0.6) is 69.0 Å². The highest BCUT2D eigenvalue weighted by Gasteiger charge is 2.18. The second kappa shape index (κ2) is 61.5. The van der Waals surface area contributed by atoms with Crippen LogP contribution in [0.4, 0.5) is 0 Å². The molecule has 33 heteroatoms. The van der Waals surface area contributed by atoms with Gasteiger partial charge in [0.25, 0.3) is 0 Å². The summed E-state index contributed by atoms with van der Waals surface area (Å²) < 4.78 is 56.8. The first kappa shape index (κ1) is 110. The van der Waals surface area contributed by atoms with Crippen molar-refractivity contribution < 1.29 is 102 Å². The van der Waals surface area contributed by atoms with Gasteiger partial charge in [0.1, 0.15) is 48.7 Å². The highest BCUT2D eigenvalue weighted by molar-refractivity contribution is 14.1. The van der Waals surface area contributed by atoms with Gasteiger partial charge < -0.3 is 78.0 Å². The van der Waals surface area contributed by atoms with Crippen LogP contribution < -0.4 is 28.4 Å². The normalized spacial score (nSPS) is 10.2. The van der Waals surface area contributed by atoms with Crippen LogP contribution in [0.2, 0.25) is 30.1 Å². The number of carbonyl (C=O) groups is 5. The molecule has 0 amide bonds. The minimum absolute atomic E-state index is 0. The molecule has 121 heavy (non-hydrogen) atoms. The number of methoxy groups -OCH3 is 3. The highest BCUT2D eigenvalue weighted by Crippen LogP contribution is 2.40. The van der Waals surface area contributed by atoms with Crippen LogP contribution in [0.15, 0.2) is 146 Å². The summed E-state index contributed by atoms with van der Waals surface area (Å²) in [6.07, 6.45) is 12.3. The predicted octanol–water partition coefficient (Wildman–Crippen LogP) is 24.4. The third kappa shape index (κ3) is 38.2. The first-order valence-electron chi connectivity index (χ1n) is 37.0. The molecule has 0 aliphatic heterocycles. The Morgan fingerprint density at radius 3 is 1.08 bits per heavy atom. The van der Waals surface area contributed by atoms with Crippen molar-refractivity contribution in [1.29, 1.82) is 0 Å². The Hall–Kier alpha value is -6.87. The second-order valence-electron chi connectivity index (χ2n) is 24.2. The van der Waals surface area contributed by atoms with Crippen molar-refractivity contribution in [2.24, 2.45) is 0 Å². The molecule has 0 saturated carbocycles. The van der Waals surface area contributed by atoms with Gasteiger partial charge in [-0.3, -0.25) is 29.0 Å². The molecular weight excluding hydrogens is 2160 g/mol. The second-order valence-corrected chi connectivity index (χ2v) is 31.3. The van der Waals surface area contributed by atoms with Gasteiger partial charge in [0.15, 0.2) is 64.3 Å². The van der Waals surface area contributed by atoms with E-state index in [0.29, 0.717) is 154 Å². The van der Waals surface area contributed by atoms with E-state index in [1.54, 1.807) is 74.1 Å². The number of ether oxygens (including phenoxy) is 10. The molecular formula is C88H96Cl7I4NO21. The molecule has 22 nitrogen and oxygen atoms in total. The summed E-state index contributed by atoms with van der Waals surface area (Å²) in [5.41, 5.74) is 6.33. The SMILES string of the molecule is CCOc1ccc2c(Cc3cc(Cl)c(OC)c(Cl)c3)cncc2c1O.CCOc1cccc(CCCC(OCC)OCC)c1O.CCOc1cccc(CCCC(OCC)OCC)c1O.COc1c(Cl)cc(C=O)cc1Cl.COc1c(I)cc(C=O)cc1I.Cl.O=Cc1cc(Cl)c(O)c(Cl)c1.O=Cc1cc(I)c(O)c(I)c1.O=Cc1ccc(O)cc1. The lowest BCUT2D eigenvalue weighted by molar-refractivity contribution is -0.140. The van der Waals surface area contributed by atoms with Crippen LogP contribution in [0, 0.1) is 14.3 Å². The monoisotopic (exact) mass is 2260 g/mol. The first-order chi connectivity index (χ1) is 57.5. The average molecular weight is 2260 g/mol. The van der Waals surface area contributed by atoms with Crippen molar-refractivity contribution in [3.05, 3.63) is 240 Å². The summed E-state index contributed by atoms with van der Waals surface area (Å²) in [7, 11) is 4.62. The number of aldehydes is 5. The summed E-state index contributed by atoms with van der Waals surface area (Å²) in [6.45, 7) is 17.7. The van der Waals surface area contributed by atoms with Crippen molar-refractivity contribution in [3.63, 3.8) is 0 Å². The molecule has 6 N–H and O–H groups in total. The Bertz CT molecular complexity index is 4540. The molecule has 0 bridgehead atoms. The molecule has 0 spiro atoms. The van der Waals surface area contributed by atoms with Gasteiger partial charge in [0, 0.05) is 72.0 Å². The van der Waals surface area contributed by atoms with E-state index in [1.165, 1.54) is 50.6 Å². The minimum Gasteiger partial charge on any atom is -0.508 e. The Morgan fingerprint density at radius 1 is 0.364 bits per heavy atom. The van der Waals surface area contributed by atoms with Crippen molar-refractivity contribution >= 4 is 215 Å². The number of phenolic OH excluding ortho intramolecular Hbond substituents is 6. The maximum atomic E-state index is 10.5. The van der Waals surface area contributed by atoms with Gasteiger partial charge in [0.05, 0.1) is 85.6 Å². The number of phenols is 6. The van der Waals surface area contributed by atoms with Crippen molar-refractivity contribution in [2.45, 2.75) is 106 Å². The quantitative estimate of drug-likeness (QED) is 0.0130. The molecule has 0 aliphatic carbocycles. The number of aryl methyl sites for hydroxylation is 2. The summed E-state index contributed by atoms with van der Waals surface area (Å²) in [5, 5.41) is 61.0. The number of fused-ring (bicyclic) bond motifs is 1. The number of rotatable bonds is 32. The first-order valence-corrected chi connectivity index (χ1v) is 43.6. The number of pyridine rings is 1. The van der Waals surface area contributed by atoms with Crippen molar-refractivity contribution in [3.8, 4) is 69.0 Å². The number of halogens is 11. The van der Waals surface area contributed by atoms with Gasteiger partial charge >= 0.3 is 0 Å². The molecule has 10 aromatic rings. The minimum atomic E-state index is -0.195. The Balaban J connectivity index is 0.000000479. The lowest BCUT2D eigenvalue weighted by atomic mass is 10.00. The molecule has 9 aromatic carbocycles. The summed E-state index contributed by atoms with van der Waals surface area (Å²) in [5.74, 6) is 4.07. The van der Waals surface area contributed by atoms with Gasteiger partial charge in [-0.25, -0.2) is 0 Å². The van der Waals surface area contributed by atoms with Gasteiger partial charge in [-0.05, 0) is 315 Å². The van der Waals surface area contributed by atoms with Gasteiger partial charge in [0.2, 0.25) is 0 Å². The number of para-hydroxylation sites is 2. The number of hydrogen-bond acceptors (Lipinski definition) is 22. The number of aromatic nitrogens is 1. The van der Waals surface area contributed by atoms with E-state index in [4.69, 9.17) is 127 Å². The fourth-order valence-electron chi connectivity index (χ4n) is 10.5. The van der Waals surface area contributed by atoms with E-state index >= 15 is 0 Å². The van der Waals surface area contributed by atoms with E-state index in [-0.39, 0.29) is 69.5 Å². The summed E-state index contributed by atoms with van der Waals surface area (Å²) in [4.78, 5) is 55.7. The smallest absolute Gasteiger partial charge is 0.167 e. The van der Waals surface area contributed by atoms with Crippen LogP contribution in [-0.4, -0.2) is 147 Å².